The van der Waals surface area contributed by atoms with E-state index in [4.69, 9.17) is 28.3 Å². The third kappa shape index (κ3) is 3.81. The van der Waals surface area contributed by atoms with E-state index in [9.17, 15) is 0 Å². The zero-order valence-corrected chi connectivity index (χ0v) is 17.4. The molecule has 7 heteroatoms. The Hall–Kier alpha value is -2.96. The SMILES string of the molecule is C=CCN1C(=S)NC(c2ccccc2)C(c2nc(-c3cccc(Cl)c3)no2)=C1C. The molecule has 0 saturated carbocycles. The third-order valence-corrected chi connectivity index (χ3v) is 5.35. The molecule has 146 valence electrons. The summed E-state index contributed by atoms with van der Waals surface area (Å²) in [7, 11) is 0. The maximum absolute atomic E-state index is 6.11. The molecule has 1 unspecified atom stereocenters. The van der Waals surface area contributed by atoms with Crippen LogP contribution in [0.3, 0.4) is 0 Å². The molecule has 1 aromatic heterocycles. The second-order valence-electron chi connectivity index (χ2n) is 6.63. The number of nitrogens with zero attached hydrogens (tertiary/aromatic N) is 3. The number of hydrogen-bond acceptors (Lipinski definition) is 4. The fourth-order valence-electron chi connectivity index (χ4n) is 3.38. The highest BCUT2D eigenvalue weighted by Crippen LogP contribution is 2.37. The van der Waals surface area contributed by atoms with E-state index in [1.807, 2.05) is 72.5 Å². The van der Waals surface area contributed by atoms with E-state index in [2.05, 4.69) is 22.0 Å². The van der Waals surface area contributed by atoms with E-state index in [1.54, 1.807) is 0 Å². The molecule has 1 N–H and O–H groups in total. The molecule has 1 atom stereocenters. The van der Waals surface area contributed by atoms with Gasteiger partial charge in [0.05, 0.1) is 11.6 Å². The van der Waals surface area contributed by atoms with Gasteiger partial charge in [-0.25, -0.2) is 0 Å². The molecule has 0 spiro atoms. The Morgan fingerprint density at radius 2 is 2.03 bits per heavy atom. The number of halogens is 1. The lowest BCUT2D eigenvalue weighted by Gasteiger charge is -2.36. The number of hydrogen-bond donors (Lipinski definition) is 1. The Kier molecular flexibility index (Phi) is 5.47. The van der Waals surface area contributed by atoms with E-state index in [0.29, 0.717) is 28.4 Å². The fourth-order valence-corrected chi connectivity index (χ4v) is 3.90. The van der Waals surface area contributed by atoms with Crippen molar-refractivity contribution in [2.24, 2.45) is 0 Å². The van der Waals surface area contributed by atoms with Gasteiger partial charge in [0, 0.05) is 22.8 Å². The zero-order valence-electron chi connectivity index (χ0n) is 15.8. The van der Waals surface area contributed by atoms with Crippen LogP contribution in [-0.4, -0.2) is 26.7 Å². The van der Waals surface area contributed by atoms with Crippen LogP contribution in [0.2, 0.25) is 5.02 Å². The summed E-state index contributed by atoms with van der Waals surface area (Å²) in [6.45, 7) is 6.42. The van der Waals surface area contributed by atoms with Gasteiger partial charge < -0.3 is 14.7 Å². The highest BCUT2D eigenvalue weighted by atomic mass is 35.5. The van der Waals surface area contributed by atoms with E-state index < -0.39 is 0 Å². The van der Waals surface area contributed by atoms with Crippen molar-refractivity contribution in [1.29, 1.82) is 0 Å². The quantitative estimate of drug-likeness (QED) is 0.448. The van der Waals surface area contributed by atoms with E-state index in [1.165, 1.54) is 0 Å². The lowest BCUT2D eigenvalue weighted by molar-refractivity contribution is 0.399. The molecule has 0 amide bonds. The average Bonchev–Trinajstić information content (AvgIpc) is 3.21. The number of aromatic nitrogens is 2. The first-order valence-corrected chi connectivity index (χ1v) is 9.91. The Morgan fingerprint density at radius 1 is 1.24 bits per heavy atom. The van der Waals surface area contributed by atoms with Crippen molar-refractivity contribution in [2.75, 3.05) is 6.54 Å². The largest absolute Gasteiger partial charge is 0.351 e. The molecule has 0 saturated heterocycles. The first-order valence-electron chi connectivity index (χ1n) is 9.13. The fraction of sp³-hybridized carbons (Fsp3) is 0.136. The van der Waals surface area contributed by atoms with Gasteiger partial charge in [-0.15, -0.1) is 6.58 Å². The van der Waals surface area contributed by atoms with Crippen molar-refractivity contribution in [2.45, 2.75) is 13.0 Å². The number of rotatable bonds is 5. The predicted molar refractivity (Wildman–Crippen MR) is 119 cm³/mol. The molecule has 0 fully saturated rings. The minimum atomic E-state index is -0.197. The van der Waals surface area contributed by atoms with Crippen molar-refractivity contribution in [3.8, 4) is 11.4 Å². The van der Waals surface area contributed by atoms with Gasteiger partial charge in [0.25, 0.3) is 5.89 Å². The van der Waals surface area contributed by atoms with Crippen molar-refractivity contribution < 1.29 is 4.52 Å². The van der Waals surface area contributed by atoms with E-state index in [-0.39, 0.29) is 6.04 Å². The minimum Gasteiger partial charge on any atom is -0.351 e. The minimum absolute atomic E-state index is 0.197. The van der Waals surface area contributed by atoms with Crippen LogP contribution < -0.4 is 5.32 Å². The summed E-state index contributed by atoms with van der Waals surface area (Å²) >= 11 is 11.7. The lowest BCUT2D eigenvalue weighted by Crippen LogP contribution is -2.45. The molecule has 1 aliphatic heterocycles. The summed E-state index contributed by atoms with van der Waals surface area (Å²) in [5.74, 6) is 0.924. The molecule has 0 aliphatic carbocycles. The summed E-state index contributed by atoms with van der Waals surface area (Å²) in [5, 5.41) is 8.84. The molecule has 2 aromatic carbocycles. The van der Waals surface area contributed by atoms with Crippen LogP contribution >= 0.6 is 23.8 Å². The van der Waals surface area contributed by atoms with Crippen molar-refractivity contribution in [1.82, 2.24) is 20.4 Å². The standard InChI is InChI=1S/C22H19ClN4OS/c1-3-12-27-14(2)18(19(24-22(27)29)15-8-5-4-6-9-15)21-25-20(26-28-21)16-10-7-11-17(23)13-16/h3-11,13,19H,1,12H2,2H3,(H,24,29). The van der Waals surface area contributed by atoms with Gasteiger partial charge in [0.2, 0.25) is 5.82 Å². The average molecular weight is 423 g/mol. The highest BCUT2D eigenvalue weighted by molar-refractivity contribution is 7.80. The van der Waals surface area contributed by atoms with Crippen LogP contribution in [0.1, 0.15) is 24.4 Å². The summed E-state index contributed by atoms with van der Waals surface area (Å²) in [6.07, 6.45) is 1.81. The van der Waals surface area contributed by atoms with Crippen molar-refractivity contribution in [3.63, 3.8) is 0 Å². The first-order chi connectivity index (χ1) is 14.1. The second kappa shape index (κ2) is 8.19. The third-order valence-electron chi connectivity index (χ3n) is 4.78. The maximum atomic E-state index is 6.11. The molecule has 0 radical (unpaired) electrons. The molecular weight excluding hydrogens is 404 g/mol. The summed E-state index contributed by atoms with van der Waals surface area (Å²) < 4.78 is 5.68. The van der Waals surface area contributed by atoms with Gasteiger partial charge in [-0.3, -0.25) is 0 Å². The Balaban J connectivity index is 1.82. The molecule has 4 rings (SSSR count). The summed E-state index contributed by atoms with van der Waals surface area (Å²) in [4.78, 5) is 6.63. The maximum Gasteiger partial charge on any atom is 0.258 e. The van der Waals surface area contributed by atoms with Crippen LogP contribution in [0.5, 0.6) is 0 Å². The van der Waals surface area contributed by atoms with Crippen LogP contribution in [0.25, 0.3) is 17.0 Å². The molecule has 2 heterocycles. The van der Waals surface area contributed by atoms with E-state index in [0.717, 1.165) is 22.4 Å². The van der Waals surface area contributed by atoms with Crippen molar-refractivity contribution in [3.05, 3.63) is 89.4 Å². The van der Waals surface area contributed by atoms with Gasteiger partial charge in [0.1, 0.15) is 0 Å². The number of thiocarbonyl (C=S) groups is 1. The molecule has 1 aliphatic rings. The van der Waals surface area contributed by atoms with Gasteiger partial charge in [-0.2, -0.15) is 4.98 Å². The van der Waals surface area contributed by atoms with Gasteiger partial charge in [-0.1, -0.05) is 65.3 Å². The number of allylic oxidation sites excluding steroid dienone is 1. The monoisotopic (exact) mass is 422 g/mol. The van der Waals surface area contributed by atoms with Crippen LogP contribution in [-0.2, 0) is 0 Å². The van der Waals surface area contributed by atoms with Gasteiger partial charge >= 0.3 is 0 Å². The topological polar surface area (TPSA) is 54.2 Å². The van der Waals surface area contributed by atoms with E-state index >= 15 is 0 Å². The molecule has 3 aromatic rings. The van der Waals surface area contributed by atoms with Crippen molar-refractivity contribution >= 4 is 34.5 Å². The van der Waals surface area contributed by atoms with Crippen LogP contribution in [0.4, 0.5) is 0 Å². The Labute approximate surface area is 179 Å². The molecule has 0 bridgehead atoms. The molecule has 29 heavy (non-hydrogen) atoms. The Morgan fingerprint density at radius 3 is 2.76 bits per heavy atom. The molecular formula is C22H19ClN4OS. The summed E-state index contributed by atoms with van der Waals surface area (Å²) in [5.41, 5.74) is 3.69. The lowest BCUT2D eigenvalue weighted by atomic mass is 9.95. The number of nitrogens with one attached hydrogen (secondary N) is 1. The van der Waals surface area contributed by atoms with Crippen LogP contribution in [0, 0.1) is 0 Å². The van der Waals surface area contributed by atoms with Gasteiger partial charge in [0.15, 0.2) is 5.11 Å². The van der Waals surface area contributed by atoms with Gasteiger partial charge in [-0.05, 0) is 36.8 Å². The first kappa shape index (κ1) is 19.4. The normalized spacial score (nSPS) is 16.7. The smallest absolute Gasteiger partial charge is 0.258 e. The molecule has 5 nitrogen and oxygen atoms in total. The summed E-state index contributed by atoms with van der Waals surface area (Å²) in [6, 6.07) is 17.2. The predicted octanol–water partition coefficient (Wildman–Crippen LogP) is 5.24. The number of benzene rings is 2. The highest BCUT2D eigenvalue weighted by Gasteiger charge is 2.33. The zero-order chi connectivity index (χ0) is 20.4. The Bertz CT molecular complexity index is 1090. The second-order valence-corrected chi connectivity index (χ2v) is 7.45. The van der Waals surface area contributed by atoms with Crippen LogP contribution in [0.15, 0.2) is 77.5 Å².